The lowest BCUT2D eigenvalue weighted by molar-refractivity contribution is -0.142. The molecule has 15 heavy (non-hydrogen) atoms. The van der Waals surface area contributed by atoms with E-state index in [1.54, 1.807) is 6.07 Å². The van der Waals surface area contributed by atoms with Crippen LogP contribution in [0.4, 0.5) is 13.2 Å². The fraction of sp³-hybridized carbons (Fsp3) is 0.400. The maximum atomic E-state index is 13.7. The molecule has 0 amide bonds. The van der Waals surface area contributed by atoms with E-state index < -0.39 is 25.2 Å². The van der Waals surface area contributed by atoms with Gasteiger partial charge in [0, 0.05) is 5.56 Å². The number of ether oxygens (including phenoxy) is 2. The Morgan fingerprint density at radius 2 is 1.80 bits per heavy atom. The minimum absolute atomic E-state index is 0.275. The van der Waals surface area contributed by atoms with Gasteiger partial charge < -0.3 is 9.47 Å². The predicted molar refractivity (Wildman–Crippen MR) is 46.1 cm³/mol. The summed E-state index contributed by atoms with van der Waals surface area (Å²) in [6.45, 7) is -0.436. The van der Waals surface area contributed by atoms with Crippen molar-refractivity contribution < 1.29 is 22.6 Å². The molecular formula is C10H9F3O2. The predicted octanol–water partition coefficient (Wildman–Crippen LogP) is 2.45. The molecule has 1 aromatic carbocycles. The van der Waals surface area contributed by atoms with Crippen molar-refractivity contribution in [3.63, 3.8) is 0 Å². The topological polar surface area (TPSA) is 18.5 Å². The summed E-state index contributed by atoms with van der Waals surface area (Å²) < 4.78 is 49.1. The van der Waals surface area contributed by atoms with Crippen LogP contribution in [0, 0.1) is 0 Å². The Labute approximate surface area is 84.6 Å². The van der Waals surface area contributed by atoms with Gasteiger partial charge in [0.25, 0.3) is 0 Å². The lowest BCUT2D eigenvalue weighted by Crippen LogP contribution is -2.36. The van der Waals surface area contributed by atoms with Crippen molar-refractivity contribution >= 4 is 0 Å². The highest BCUT2D eigenvalue weighted by Crippen LogP contribution is 2.38. The van der Waals surface area contributed by atoms with Crippen LogP contribution in [-0.4, -0.2) is 19.3 Å². The molecule has 5 heteroatoms. The lowest BCUT2D eigenvalue weighted by atomic mass is 10.0. The Hall–Kier alpha value is -1.07. The van der Waals surface area contributed by atoms with Crippen LogP contribution < -0.4 is 0 Å². The van der Waals surface area contributed by atoms with Crippen LogP contribution in [0.1, 0.15) is 5.56 Å². The summed E-state index contributed by atoms with van der Waals surface area (Å²) in [6.07, 6.45) is -3.94. The molecule has 1 aromatic rings. The molecule has 0 aliphatic carbocycles. The Morgan fingerprint density at radius 3 is 2.33 bits per heavy atom. The molecule has 1 saturated heterocycles. The highest BCUT2D eigenvalue weighted by molar-refractivity contribution is 5.21. The molecule has 82 valence electrons. The molecule has 0 saturated carbocycles. The summed E-state index contributed by atoms with van der Waals surface area (Å²) in [5.41, 5.74) is -0.275. The van der Waals surface area contributed by atoms with Crippen molar-refractivity contribution in [3.8, 4) is 0 Å². The SMILES string of the molecule is FC1OCOC1C(F)(F)c1ccccc1. The molecule has 2 unspecified atom stereocenters. The van der Waals surface area contributed by atoms with Crippen molar-refractivity contribution in [3.05, 3.63) is 35.9 Å². The summed E-state index contributed by atoms with van der Waals surface area (Å²) in [5, 5.41) is 0. The molecule has 1 fully saturated rings. The van der Waals surface area contributed by atoms with Crippen LogP contribution >= 0.6 is 0 Å². The molecule has 2 rings (SSSR count). The van der Waals surface area contributed by atoms with Crippen molar-refractivity contribution in [1.82, 2.24) is 0 Å². The van der Waals surface area contributed by atoms with Crippen molar-refractivity contribution in [2.75, 3.05) is 6.79 Å². The van der Waals surface area contributed by atoms with Crippen LogP contribution in [0.25, 0.3) is 0 Å². The Kier molecular flexibility index (Phi) is 2.67. The van der Waals surface area contributed by atoms with Crippen LogP contribution in [0.3, 0.4) is 0 Å². The van der Waals surface area contributed by atoms with E-state index in [0.717, 1.165) is 0 Å². The molecule has 0 N–H and O–H groups in total. The summed E-state index contributed by atoms with van der Waals surface area (Å²) in [4.78, 5) is 0. The molecule has 2 nitrogen and oxygen atoms in total. The number of hydrogen-bond acceptors (Lipinski definition) is 2. The quantitative estimate of drug-likeness (QED) is 0.759. The van der Waals surface area contributed by atoms with Crippen LogP contribution in [-0.2, 0) is 15.4 Å². The van der Waals surface area contributed by atoms with Crippen LogP contribution in [0.5, 0.6) is 0 Å². The summed E-state index contributed by atoms with van der Waals surface area (Å²) in [7, 11) is 0. The van der Waals surface area contributed by atoms with E-state index in [-0.39, 0.29) is 5.56 Å². The third-order valence-electron chi connectivity index (χ3n) is 2.23. The minimum atomic E-state index is -3.38. The lowest BCUT2D eigenvalue weighted by Gasteiger charge is -2.22. The fourth-order valence-electron chi connectivity index (χ4n) is 1.43. The van der Waals surface area contributed by atoms with Gasteiger partial charge in [0.1, 0.15) is 0 Å². The first-order valence-electron chi connectivity index (χ1n) is 4.43. The molecule has 0 radical (unpaired) electrons. The van der Waals surface area contributed by atoms with E-state index in [1.165, 1.54) is 24.3 Å². The van der Waals surface area contributed by atoms with Gasteiger partial charge in [-0.05, 0) is 0 Å². The standard InChI is InChI=1S/C10H9F3O2/c11-9-8(14-6-15-9)10(12,13)7-4-2-1-3-5-7/h1-5,8-9H,6H2. The highest BCUT2D eigenvalue weighted by atomic mass is 19.3. The summed E-state index contributed by atoms with van der Waals surface area (Å²) in [5.74, 6) is -3.38. The van der Waals surface area contributed by atoms with Crippen LogP contribution in [0.15, 0.2) is 30.3 Å². The summed E-state index contributed by atoms with van der Waals surface area (Å²) >= 11 is 0. The van der Waals surface area contributed by atoms with Gasteiger partial charge >= 0.3 is 5.92 Å². The maximum absolute atomic E-state index is 13.7. The number of benzene rings is 1. The number of halogens is 3. The molecule has 1 aliphatic heterocycles. The van der Waals surface area contributed by atoms with E-state index in [4.69, 9.17) is 0 Å². The van der Waals surface area contributed by atoms with E-state index in [9.17, 15) is 13.2 Å². The first-order chi connectivity index (χ1) is 7.12. The zero-order valence-corrected chi connectivity index (χ0v) is 7.70. The third kappa shape index (κ3) is 1.85. The molecule has 2 atom stereocenters. The third-order valence-corrected chi connectivity index (χ3v) is 2.23. The van der Waals surface area contributed by atoms with Crippen molar-refractivity contribution in [1.29, 1.82) is 0 Å². The average Bonchev–Trinajstić information content (AvgIpc) is 2.66. The van der Waals surface area contributed by atoms with Gasteiger partial charge in [0.05, 0.1) is 0 Å². The number of alkyl halides is 3. The van der Waals surface area contributed by atoms with Crippen molar-refractivity contribution in [2.24, 2.45) is 0 Å². The Morgan fingerprint density at radius 1 is 1.13 bits per heavy atom. The highest BCUT2D eigenvalue weighted by Gasteiger charge is 2.50. The zero-order valence-electron chi connectivity index (χ0n) is 7.70. The zero-order chi connectivity index (χ0) is 10.9. The van der Waals surface area contributed by atoms with E-state index in [0.29, 0.717) is 0 Å². The largest absolute Gasteiger partial charge is 0.340 e. The van der Waals surface area contributed by atoms with Gasteiger partial charge in [-0.2, -0.15) is 8.78 Å². The van der Waals surface area contributed by atoms with Gasteiger partial charge in [-0.3, -0.25) is 0 Å². The molecule has 0 spiro atoms. The number of hydrogen-bond donors (Lipinski definition) is 0. The summed E-state index contributed by atoms with van der Waals surface area (Å²) in [6, 6.07) is 7.00. The maximum Gasteiger partial charge on any atom is 0.304 e. The molecule has 0 bridgehead atoms. The molecule has 1 aliphatic rings. The van der Waals surface area contributed by atoms with Gasteiger partial charge in [0.2, 0.25) is 6.36 Å². The first-order valence-corrected chi connectivity index (χ1v) is 4.43. The van der Waals surface area contributed by atoms with E-state index in [1.807, 2.05) is 0 Å². The number of rotatable bonds is 2. The minimum Gasteiger partial charge on any atom is -0.340 e. The Balaban J connectivity index is 2.26. The Bertz CT molecular complexity index is 329. The first kappa shape index (κ1) is 10.4. The van der Waals surface area contributed by atoms with Gasteiger partial charge in [-0.1, -0.05) is 30.3 Å². The normalized spacial score (nSPS) is 26.9. The van der Waals surface area contributed by atoms with E-state index >= 15 is 0 Å². The second-order valence-electron chi connectivity index (χ2n) is 3.21. The van der Waals surface area contributed by atoms with Crippen LogP contribution in [0.2, 0.25) is 0 Å². The monoisotopic (exact) mass is 218 g/mol. The van der Waals surface area contributed by atoms with Gasteiger partial charge in [0.15, 0.2) is 12.9 Å². The van der Waals surface area contributed by atoms with Gasteiger partial charge in [-0.15, -0.1) is 0 Å². The molecule has 0 aromatic heterocycles. The molecular weight excluding hydrogens is 209 g/mol. The van der Waals surface area contributed by atoms with Gasteiger partial charge in [-0.25, -0.2) is 4.39 Å². The van der Waals surface area contributed by atoms with E-state index in [2.05, 4.69) is 9.47 Å². The fourth-order valence-corrected chi connectivity index (χ4v) is 1.43. The molecule has 1 heterocycles. The average molecular weight is 218 g/mol. The second kappa shape index (κ2) is 3.83. The van der Waals surface area contributed by atoms with Crippen molar-refractivity contribution in [2.45, 2.75) is 18.4 Å². The second-order valence-corrected chi connectivity index (χ2v) is 3.21. The smallest absolute Gasteiger partial charge is 0.304 e.